The molecule has 5 heteroatoms. The molecule has 2 heterocycles. The van der Waals surface area contributed by atoms with Gasteiger partial charge in [0.15, 0.2) is 0 Å². The van der Waals surface area contributed by atoms with Crippen molar-refractivity contribution in [3.8, 4) is 11.5 Å². The highest BCUT2D eigenvalue weighted by atomic mass is 15.6. The molecule has 15 heavy (non-hydrogen) atoms. The van der Waals surface area contributed by atoms with E-state index in [1.165, 1.54) is 0 Å². The Kier molecular flexibility index (Phi) is 2.53. The SMILES string of the molecule is C/C=C(\C)[n+]1nc(-c2ccccn2)n[nH]1. The zero-order valence-corrected chi connectivity index (χ0v) is 8.68. The molecule has 0 unspecified atom stereocenters. The summed E-state index contributed by atoms with van der Waals surface area (Å²) in [7, 11) is 0. The van der Waals surface area contributed by atoms with Crippen molar-refractivity contribution in [1.82, 2.24) is 20.4 Å². The Morgan fingerprint density at radius 1 is 1.47 bits per heavy atom. The molecule has 1 N–H and O–H groups in total. The van der Waals surface area contributed by atoms with Crippen LogP contribution in [0, 0.1) is 0 Å². The van der Waals surface area contributed by atoms with Crippen molar-refractivity contribution in [2.45, 2.75) is 13.8 Å². The fourth-order valence-electron chi connectivity index (χ4n) is 1.12. The van der Waals surface area contributed by atoms with Crippen LogP contribution >= 0.6 is 0 Å². The quantitative estimate of drug-likeness (QED) is 0.740. The minimum atomic E-state index is 0.594. The van der Waals surface area contributed by atoms with E-state index in [4.69, 9.17) is 0 Å². The average Bonchev–Trinajstić information content (AvgIpc) is 2.78. The maximum absolute atomic E-state index is 4.27. The minimum absolute atomic E-state index is 0.594. The normalized spacial score (nSPS) is 11.7. The van der Waals surface area contributed by atoms with Crippen LogP contribution in [0.1, 0.15) is 13.8 Å². The van der Waals surface area contributed by atoms with Crippen LogP contribution in [0.3, 0.4) is 0 Å². The molecule has 0 aliphatic rings. The zero-order valence-electron chi connectivity index (χ0n) is 8.68. The third-order valence-electron chi connectivity index (χ3n) is 2.09. The number of hydrogen-bond acceptors (Lipinski definition) is 3. The van der Waals surface area contributed by atoms with Crippen molar-refractivity contribution < 1.29 is 4.80 Å². The standard InChI is InChI=1S/C10H11N5/c1-3-8(2)15-13-10(12-14-15)9-6-4-5-7-11-9/h3-7H,1-2H3/p+1/b8-3+. The maximum atomic E-state index is 4.27. The first-order valence-corrected chi connectivity index (χ1v) is 4.70. The summed E-state index contributed by atoms with van der Waals surface area (Å²) >= 11 is 0. The predicted octanol–water partition coefficient (Wildman–Crippen LogP) is 1.03. The van der Waals surface area contributed by atoms with Gasteiger partial charge in [-0.2, -0.15) is 0 Å². The Hall–Kier alpha value is -2.04. The topological polar surface area (TPSA) is 58.3 Å². The predicted molar refractivity (Wildman–Crippen MR) is 55.4 cm³/mol. The van der Waals surface area contributed by atoms with Gasteiger partial charge in [-0.1, -0.05) is 6.07 Å². The zero-order chi connectivity index (χ0) is 10.7. The van der Waals surface area contributed by atoms with Crippen LogP contribution in [0.5, 0.6) is 0 Å². The number of pyridine rings is 1. The summed E-state index contributed by atoms with van der Waals surface area (Å²) in [6, 6.07) is 5.64. The van der Waals surface area contributed by atoms with Crippen LogP contribution in [0.4, 0.5) is 0 Å². The Morgan fingerprint density at radius 3 is 3.00 bits per heavy atom. The minimum Gasteiger partial charge on any atom is -0.250 e. The second-order valence-electron chi connectivity index (χ2n) is 3.09. The van der Waals surface area contributed by atoms with Crippen molar-refractivity contribution in [2.75, 3.05) is 0 Å². The second kappa shape index (κ2) is 4.00. The Balaban J connectivity index is 2.36. The van der Waals surface area contributed by atoms with E-state index in [2.05, 4.69) is 20.4 Å². The monoisotopic (exact) mass is 202 g/mol. The number of nitrogens with zero attached hydrogens (tertiary/aromatic N) is 4. The third-order valence-corrected chi connectivity index (χ3v) is 2.09. The van der Waals surface area contributed by atoms with Gasteiger partial charge < -0.3 is 0 Å². The molecule has 0 spiro atoms. The van der Waals surface area contributed by atoms with E-state index in [0.29, 0.717) is 5.82 Å². The number of rotatable bonds is 2. The highest BCUT2D eigenvalue weighted by Gasteiger charge is 2.14. The number of tetrazole rings is 1. The first-order valence-electron chi connectivity index (χ1n) is 4.70. The van der Waals surface area contributed by atoms with Crippen LogP contribution in [0.2, 0.25) is 0 Å². The molecule has 2 rings (SSSR count). The van der Waals surface area contributed by atoms with E-state index in [1.807, 2.05) is 38.1 Å². The average molecular weight is 202 g/mol. The smallest absolute Gasteiger partial charge is 0.250 e. The van der Waals surface area contributed by atoms with Gasteiger partial charge in [-0.3, -0.25) is 4.98 Å². The molecule has 0 amide bonds. The van der Waals surface area contributed by atoms with Gasteiger partial charge in [0.25, 0.3) is 0 Å². The molecule has 0 aliphatic carbocycles. The Labute approximate surface area is 87.5 Å². The van der Waals surface area contributed by atoms with Crippen LogP contribution in [0.15, 0.2) is 30.5 Å². The molecule has 0 atom stereocenters. The van der Waals surface area contributed by atoms with Crippen LogP contribution in [0.25, 0.3) is 17.2 Å². The summed E-state index contributed by atoms with van der Waals surface area (Å²) in [4.78, 5) is 5.78. The molecule has 2 aromatic heterocycles. The number of nitrogens with one attached hydrogen (secondary N) is 1. The molecule has 5 nitrogen and oxygen atoms in total. The molecular formula is C10H12N5+. The van der Waals surface area contributed by atoms with E-state index >= 15 is 0 Å². The van der Waals surface area contributed by atoms with Gasteiger partial charge in [-0.05, 0) is 40.2 Å². The molecule has 2 aromatic rings. The van der Waals surface area contributed by atoms with Crippen LogP contribution < -0.4 is 4.80 Å². The first-order chi connectivity index (χ1) is 7.31. The van der Waals surface area contributed by atoms with E-state index in [-0.39, 0.29) is 0 Å². The molecule has 76 valence electrons. The molecule has 0 bridgehead atoms. The maximum Gasteiger partial charge on any atom is 0.357 e. The third kappa shape index (κ3) is 1.90. The summed E-state index contributed by atoms with van der Waals surface area (Å²) < 4.78 is 0. The van der Waals surface area contributed by atoms with Gasteiger partial charge in [0.05, 0.1) is 5.10 Å². The van der Waals surface area contributed by atoms with Gasteiger partial charge in [-0.25, -0.2) is 0 Å². The lowest BCUT2D eigenvalue weighted by Gasteiger charge is -1.87. The number of hydrogen-bond donors (Lipinski definition) is 1. The fraction of sp³-hybridized carbons (Fsp3) is 0.200. The summed E-state index contributed by atoms with van der Waals surface area (Å²) in [6.45, 7) is 3.90. The first kappa shape index (κ1) is 9.51. The lowest BCUT2D eigenvalue weighted by Crippen LogP contribution is -2.36. The highest BCUT2D eigenvalue weighted by Crippen LogP contribution is 2.06. The van der Waals surface area contributed by atoms with Crippen molar-refractivity contribution >= 4 is 5.70 Å². The van der Waals surface area contributed by atoms with E-state index in [9.17, 15) is 0 Å². The highest BCUT2D eigenvalue weighted by molar-refractivity contribution is 5.46. The summed E-state index contributed by atoms with van der Waals surface area (Å²) in [6.07, 6.45) is 3.67. The molecule has 0 radical (unpaired) electrons. The summed E-state index contributed by atoms with van der Waals surface area (Å²) in [5, 5.41) is 11.2. The Bertz CT molecular complexity index is 472. The molecular weight excluding hydrogens is 190 g/mol. The van der Waals surface area contributed by atoms with Gasteiger partial charge in [-0.15, -0.1) is 0 Å². The molecule has 0 saturated carbocycles. The second-order valence-corrected chi connectivity index (χ2v) is 3.09. The summed E-state index contributed by atoms with van der Waals surface area (Å²) in [5.41, 5.74) is 1.75. The van der Waals surface area contributed by atoms with Gasteiger partial charge in [0, 0.05) is 13.1 Å². The van der Waals surface area contributed by atoms with E-state index in [1.54, 1.807) is 11.0 Å². The molecule has 0 aliphatic heterocycles. The van der Waals surface area contributed by atoms with Crippen molar-refractivity contribution in [2.24, 2.45) is 0 Å². The lowest BCUT2D eigenvalue weighted by molar-refractivity contribution is -0.703. The van der Waals surface area contributed by atoms with E-state index in [0.717, 1.165) is 11.4 Å². The largest absolute Gasteiger partial charge is 0.357 e. The number of aromatic nitrogens is 5. The van der Waals surface area contributed by atoms with Crippen molar-refractivity contribution in [3.63, 3.8) is 0 Å². The van der Waals surface area contributed by atoms with E-state index < -0.39 is 0 Å². The van der Waals surface area contributed by atoms with Gasteiger partial charge in [0.1, 0.15) is 11.4 Å². The van der Waals surface area contributed by atoms with Crippen molar-refractivity contribution in [1.29, 1.82) is 0 Å². The molecule has 0 saturated heterocycles. The number of H-pyrrole nitrogens is 1. The molecule has 0 fully saturated rings. The van der Waals surface area contributed by atoms with Gasteiger partial charge >= 0.3 is 5.82 Å². The lowest BCUT2D eigenvalue weighted by atomic mass is 10.3. The van der Waals surface area contributed by atoms with Crippen LogP contribution in [-0.2, 0) is 0 Å². The Morgan fingerprint density at radius 2 is 2.33 bits per heavy atom. The van der Waals surface area contributed by atoms with Gasteiger partial charge in [0.2, 0.25) is 0 Å². The summed E-state index contributed by atoms with van der Waals surface area (Å²) in [5.74, 6) is 0.594. The number of allylic oxidation sites excluding steroid dienone is 2. The van der Waals surface area contributed by atoms with Crippen LogP contribution in [-0.4, -0.2) is 20.4 Å². The molecule has 0 aromatic carbocycles. The van der Waals surface area contributed by atoms with Crippen molar-refractivity contribution in [3.05, 3.63) is 30.5 Å². The number of aromatic amines is 1. The fourth-order valence-corrected chi connectivity index (χ4v) is 1.12.